The number of aromatic nitrogens is 1. The van der Waals surface area contributed by atoms with Crippen LogP contribution >= 0.6 is 0 Å². The fourth-order valence-electron chi connectivity index (χ4n) is 6.02. The maximum Gasteiger partial charge on any atom is 0.416 e. The van der Waals surface area contributed by atoms with E-state index >= 15 is 0 Å². The number of nitrogens with two attached hydrogens (primary N) is 1. The van der Waals surface area contributed by atoms with E-state index in [4.69, 9.17) is 10.5 Å². The lowest BCUT2D eigenvalue weighted by Crippen LogP contribution is -2.33. The largest absolute Gasteiger partial charge is 0.492 e. The molecule has 2 amide bonds. The maximum absolute atomic E-state index is 13.1. The number of carbonyl (C=O) groups is 1. The van der Waals surface area contributed by atoms with Crippen molar-refractivity contribution in [1.82, 2.24) is 14.5 Å². The zero-order valence-corrected chi connectivity index (χ0v) is 23.8. The SMILES string of the molecule is NC(=O)N1N=C(c2ccc(C(F)(F)F)cc2)CC1c1cn(Cc2ccc(OCCN3CCCCC3)cc2)c2ccccc12. The summed E-state index contributed by atoms with van der Waals surface area (Å²) >= 11 is 0. The van der Waals surface area contributed by atoms with Crippen molar-refractivity contribution in [2.45, 2.75) is 44.4 Å². The first-order chi connectivity index (χ1) is 20.8. The van der Waals surface area contributed by atoms with Crippen LogP contribution in [0, 0.1) is 0 Å². The molecule has 2 aliphatic heterocycles. The molecule has 1 fully saturated rings. The number of carbonyl (C=O) groups excluding carboxylic acids is 1. The fourth-order valence-corrected chi connectivity index (χ4v) is 6.02. The van der Waals surface area contributed by atoms with Crippen LogP contribution in [0.5, 0.6) is 5.75 Å². The monoisotopic (exact) mass is 589 g/mol. The fraction of sp³-hybridized carbons (Fsp3) is 0.333. The molecule has 3 heterocycles. The minimum Gasteiger partial charge on any atom is -0.492 e. The number of hydrazone groups is 1. The molecule has 1 atom stereocenters. The van der Waals surface area contributed by atoms with Crippen LogP contribution in [0.2, 0.25) is 0 Å². The standard InChI is InChI=1S/C33H34F3N5O2/c34-33(35,36)25-12-10-24(11-13-25)29-20-31(41(38-29)32(37)42)28-22-40(30-7-3-2-6-27(28)30)21-23-8-14-26(15-9-23)43-19-18-39-16-4-1-5-17-39/h2-3,6-15,22,31H,1,4-5,16-21H2,(H2,37,42). The van der Waals surface area contributed by atoms with Crippen LogP contribution in [0.25, 0.3) is 10.9 Å². The Hall–Kier alpha value is -4.31. The lowest BCUT2D eigenvalue weighted by molar-refractivity contribution is -0.137. The maximum atomic E-state index is 13.1. The average Bonchev–Trinajstić information content (AvgIpc) is 3.61. The summed E-state index contributed by atoms with van der Waals surface area (Å²) in [6.07, 6.45) is 1.75. The van der Waals surface area contributed by atoms with Crippen LogP contribution in [0.3, 0.4) is 0 Å². The minimum absolute atomic E-state index is 0.325. The summed E-state index contributed by atoms with van der Waals surface area (Å²) in [7, 11) is 0. The van der Waals surface area contributed by atoms with Crippen molar-refractivity contribution in [3.63, 3.8) is 0 Å². The number of urea groups is 1. The van der Waals surface area contributed by atoms with Gasteiger partial charge < -0.3 is 15.0 Å². The molecule has 0 bridgehead atoms. The number of rotatable bonds is 8. The second-order valence-corrected chi connectivity index (χ2v) is 11.1. The van der Waals surface area contributed by atoms with E-state index in [1.807, 2.05) is 42.6 Å². The Labute approximate surface area is 248 Å². The molecule has 0 spiro atoms. The molecule has 1 aromatic heterocycles. The smallest absolute Gasteiger partial charge is 0.416 e. The van der Waals surface area contributed by atoms with E-state index in [-0.39, 0.29) is 0 Å². The predicted molar refractivity (Wildman–Crippen MR) is 160 cm³/mol. The van der Waals surface area contributed by atoms with Gasteiger partial charge in [-0.2, -0.15) is 18.3 Å². The van der Waals surface area contributed by atoms with Crippen LogP contribution in [-0.2, 0) is 12.7 Å². The van der Waals surface area contributed by atoms with Gasteiger partial charge in [-0.05, 0) is 67.4 Å². The first-order valence-electron chi connectivity index (χ1n) is 14.6. The van der Waals surface area contributed by atoms with Gasteiger partial charge in [0, 0.05) is 42.2 Å². The quantitative estimate of drug-likeness (QED) is 0.246. The molecular weight excluding hydrogens is 555 g/mol. The van der Waals surface area contributed by atoms with Crippen molar-refractivity contribution < 1.29 is 22.7 Å². The number of alkyl halides is 3. The molecule has 224 valence electrons. The molecule has 1 saturated heterocycles. The Morgan fingerprint density at radius 1 is 0.953 bits per heavy atom. The van der Waals surface area contributed by atoms with Gasteiger partial charge in [0.2, 0.25) is 0 Å². The summed E-state index contributed by atoms with van der Waals surface area (Å²) in [6, 6.07) is 19.6. The molecule has 2 N–H and O–H groups in total. The topological polar surface area (TPSA) is 76.1 Å². The number of primary amides is 1. The lowest BCUT2D eigenvalue weighted by Gasteiger charge is -2.26. The first-order valence-corrected chi connectivity index (χ1v) is 14.6. The molecule has 3 aromatic carbocycles. The Balaban J connectivity index is 1.19. The van der Waals surface area contributed by atoms with Gasteiger partial charge in [-0.15, -0.1) is 0 Å². The number of hydrogen-bond acceptors (Lipinski definition) is 4. The highest BCUT2D eigenvalue weighted by molar-refractivity contribution is 6.03. The number of fused-ring (bicyclic) bond motifs is 1. The number of likely N-dealkylation sites (tertiary alicyclic amines) is 1. The summed E-state index contributed by atoms with van der Waals surface area (Å²) in [5.41, 5.74) is 8.97. The van der Waals surface area contributed by atoms with Crippen LogP contribution in [-0.4, -0.2) is 52.5 Å². The van der Waals surface area contributed by atoms with Gasteiger partial charge in [-0.25, -0.2) is 9.80 Å². The third kappa shape index (κ3) is 6.39. The van der Waals surface area contributed by atoms with E-state index in [0.29, 0.717) is 30.8 Å². The number of piperidine rings is 1. The summed E-state index contributed by atoms with van der Waals surface area (Å²) in [5.74, 6) is 0.842. The Bertz CT molecular complexity index is 1610. The molecule has 7 nitrogen and oxygen atoms in total. The Morgan fingerprint density at radius 3 is 2.37 bits per heavy atom. The summed E-state index contributed by atoms with van der Waals surface area (Å²) in [5, 5.41) is 6.63. The lowest BCUT2D eigenvalue weighted by atomic mass is 9.97. The molecule has 0 radical (unpaired) electrons. The zero-order valence-electron chi connectivity index (χ0n) is 23.8. The number of ether oxygens (including phenoxy) is 1. The van der Waals surface area contributed by atoms with Crippen LogP contribution in [0.4, 0.5) is 18.0 Å². The summed E-state index contributed by atoms with van der Waals surface area (Å²) < 4.78 is 47.4. The number of benzene rings is 3. The van der Waals surface area contributed by atoms with Crippen molar-refractivity contribution in [2.75, 3.05) is 26.2 Å². The van der Waals surface area contributed by atoms with Gasteiger partial charge in [0.25, 0.3) is 0 Å². The molecule has 0 aliphatic carbocycles. The molecule has 1 unspecified atom stereocenters. The van der Waals surface area contributed by atoms with E-state index in [2.05, 4.69) is 26.7 Å². The van der Waals surface area contributed by atoms with Gasteiger partial charge in [-0.3, -0.25) is 4.90 Å². The molecule has 4 aromatic rings. The van der Waals surface area contributed by atoms with Crippen molar-refractivity contribution in [2.24, 2.45) is 10.8 Å². The van der Waals surface area contributed by atoms with Crippen molar-refractivity contribution in [3.8, 4) is 5.75 Å². The van der Waals surface area contributed by atoms with Crippen LogP contribution < -0.4 is 10.5 Å². The molecule has 6 rings (SSSR count). The van der Waals surface area contributed by atoms with Crippen LogP contribution in [0.1, 0.15) is 54.0 Å². The van der Waals surface area contributed by atoms with E-state index in [9.17, 15) is 18.0 Å². The Morgan fingerprint density at radius 2 is 1.67 bits per heavy atom. The van der Waals surface area contributed by atoms with Gasteiger partial charge >= 0.3 is 12.2 Å². The number of para-hydroxylation sites is 1. The highest BCUT2D eigenvalue weighted by Crippen LogP contribution is 2.38. The predicted octanol–water partition coefficient (Wildman–Crippen LogP) is 6.80. The summed E-state index contributed by atoms with van der Waals surface area (Å²) in [6.45, 7) is 4.50. The van der Waals surface area contributed by atoms with E-state index in [1.165, 1.54) is 36.4 Å². The third-order valence-electron chi connectivity index (χ3n) is 8.26. The third-order valence-corrected chi connectivity index (χ3v) is 8.26. The summed E-state index contributed by atoms with van der Waals surface area (Å²) in [4.78, 5) is 14.9. The van der Waals surface area contributed by atoms with Gasteiger partial charge in [-0.1, -0.05) is 48.9 Å². The number of halogens is 3. The highest BCUT2D eigenvalue weighted by atomic mass is 19.4. The molecule has 0 saturated carbocycles. The van der Waals surface area contributed by atoms with E-state index in [1.54, 1.807) is 0 Å². The van der Waals surface area contributed by atoms with Crippen molar-refractivity contribution >= 4 is 22.6 Å². The average molecular weight is 590 g/mol. The van der Waals surface area contributed by atoms with Crippen LogP contribution in [0.15, 0.2) is 84.1 Å². The van der Waals surface area contributed by atoms with Gasteiger partial charge in [0.1, 0.15) is 12.4 Å². The normalized spacial score (nSPS) is 17.8. The minimum atomic E-state index is -4.43. The second kappa shape index (κ2) is 12.1. The molecule has 10 heteroatoms. The number of hydrogen-bond donors (Lipinski definition) is 1. The highest BCUT2D eigenvalue weighted by Gasteiger charge is 2.35. The van der Waals surface area contributed by atoms with Crippen molar-refractivity contribution in [3.05, 3.63) is 101 Å². The van der Waals surface area contributed by atoms with Gasteiger partial charge in [0.05, 0.1) is 17.3 Å². The zero-order chi connectivity index (χ0) is 30.0. The number of nitrogens with zero attached hydrogens (tertiary/aromatic N) is 4. The second-order valence-electron chi connectivity index (χ2n) is 11.1. The van der Waals surface area contributed by atoms with E-state index in [0.717, 1.165) is 59.5 Å². The number of amides is 2. The first kappa shape index (κ1) is 28.8. The Kier molecular flexibility index (Phi) is 8.12. The van der Waals surface area contributed by atoms with Crippen molar-refractivity contribution in [1.29, 1.82) is 0 Å². The molecule has 43 heavy (non-hydrogen) atoms. The van der Waals surface area contributed by atoms with E-state index < -0.39 is 23.8 Å². The molecular formula is C33H34F3N5O2. The van der Waals surface area contributed by atoms with Gasteiger partial charge in [0.15, 0.2) is 0 Å². The molecule has 2 aliphatic rings.